The summed E-state index contributed by atoms with van der Waals surface area (Å²) in [7, 11) is -1.18. The van der Waals surface area contributed by atoms with Gasteiger partial charge in [0.2, 0.25) is 0 Å². The third-order valence-electron chi connectivity index (χ3n) is 4.34. The molecule has 31 heavy (non-hydrogen) atoms. The van der Waals surface area contributed by atoms with Crippen LogP contribution in [0.4, 0.5) is 0 Å². The van der Waals surface area contributed by atoms with Gasteiger partial charge in [-0.2, -0.15) is 0 Å². The van der Waals surface area contributed by atoms with Crippen molar-refractivity contribution in [1.29, 1.82) is 0 Å². The molecule has 154 valence electrons. The minimum Gasteiger partial charge on any atom is -0.133 e. The van der Waals surface area contributed by atoms with Crippen LogP contribution in [0.15, 0.2) is 121 Å². The van der Waals surface area contributed by atoms with Crippen molar-refractivity contribution in [3.63, 3.8) is 0 Å². The van der Waals surface area contributed by atoms with Gasteiger partial charge in [-0.1, -0.05) is 121 Å². The van der Waals surface area contributed by atoms with E-state index in [4.69, 9.17) is 4.89 Å². The topological polar surface area (TPSA) is 46.5 Å². The fraction of sp³-hybridized carbons (Fsp3) is 0.0400. The Hall–Kier alpha value is -2.04. The monoisotopic (exact) mass is 459 g/mol. The van der Waals surface area contributed by atoms with E-state index in [0.717, 1.165) is 0 Å². The van der Waals surface area contributed by atoms with Crippen molar-refractivity contribution in [3.8, 4) is 0 Å². The molecule has 1 atom stereocenters. The lowest BCUT2D eigenvalue weighted by atomic mass is 10.4. The summed E-state index contributed by atoms with van der Waals surface area (Å²) in [4.78, 5) is 7.65. The SMILES string of the molecule is CO[P+](=O)O.c1cc[c]([AlH][c]2ccccc2)cc1.c1cc[c]([AlH][c]2ccccc2)cc1. The molecule has 4 rings (SSSR count). The molecule has 0 fully saturated rings. The number of hydrogen-bond acceptors (Lipinski definition) is 2. The summed E-state index contributed by atoms with van der Waals surface area (Å²) >= 11 is -0.468. The fourth-order valence-electron chi connectivity index (χ4n) is 2.85. The van der Waals surface area contributed by atoms with Gasteiger partial charge in [0.25, 0.3) is 0 Å². The minimum absolute atomic E-state index is 0.234. The molecule has 0 heterocycles. The number of benzene rings is 4. The third-order valence-corrected chi connectivity index (χ3v) is 8.17. The molecule has 0 aliphatic heterocycles. The molecule has 0 aliphatic rings. The zero-order valence-corrected chi connectivity index (χ0v) is 21.4. The van der Waals surface area contributed by atoms with Crippen LogP contribution in [0.2, 0.25) is 0 Å². The van der Waals surface area contributed by atoms with Crippen LogP contribution in [0.25, 0.3) is 0 Å². The first kappa shape index (κ1) is 25.2. The highest BCUT2D eigenvalue weighted by molar-refractivity contribution is 7.32. The van der Waals surface area contributed by atoms with Gasteiger partial charge in [-0.15, -0.1) is 27.1 Å². The molecule has 0 spiro atoms. The van der Waals surface area contributed by atoms with E-state index >= 15 is 0 Å². The second-order valence-electron chi connectivity index (χ2n) is 6.72. The van der Waals surface area contributed by atoms with Crippen LogP contribution in [-0.4, -0.2) is 42.4 Å². The highest BCUT2D eigenvalue weighted by Gasteiger charge is 2.02. The van der Waals surface area contributed by atoms with Gasteiger partial charge in [-0.25, -0.2) is 0 Å². The second kappa shape index (κ2) is 15.7. The summed E-state index contributed by atoms with van der Waals surface area (Å²) in [6, 6.07) is 43.0. The Morgan fingerprint density at radius 2 is 0.742 bits per heavy atom. The van der Waals surface area contributed by atoms with Crippen molar-refractivity contribution in [2.24, 2.45) is 0 Å². The molecule has 3 nitrogen and oxygen atoms in total. The predicted molar refractivity (Wildman–Crippen MR) is 135 cm³/mol. The Morgan fingerprint density at radius 1 is 0.548 bits per heavy atom. The molecule has 0 amide bonds. The molecule has 1 N–H and O–H groups in total. The van der Waals surface area contributed by atoms with E-state index in [9.17, 15) is 4.57 Å². The molecule has 6 heteroatoms. The smallest absolute Gasteiger partial charge is 0.133 e. The van der Waals surface area contributed by atoms with E-state index in [1.807, 2.05) is 0 Å². The van der Waals surface area contributed by atoms with Gasteiger partial charge in [0.15, 0.2) is 0 Å². The molecule has 0 radical (unpaired) electrons. The predicted octanol–water partition coefficient (Wildman–Crippen LogP) is 2.43. The van der Waals surface area contributed by atoms with Gasteiger partial charge in [0.05, 0.1) is 7.11 Å². The molecule has 0 saturated carbocycles. The first-order valence-electron chi connectivity index (χ1n) is 10.0. The first-order valence-corrected chi connectivity index (χ1v) is 14.0. The highest BCUT2D eigenvalue weighted by atomic mass is 31.1. The Kier molecular flexibility index (Phi) is 12.8. The molecule has 4 aromatic carbocycles. The average Bonchev–Trinajstić information content (AvgIpc) is 2.83. The van der Waals surface area contributed by atoms with E-state index in [2.05, 4.69) is 126 Å². The third kappa shape index (κ3) is 11.8. The second-order valence-corrected chi connectivity index (χ2v) is 11.5. The van der Waals surface area contributed by atoms with E-state index in [1.165, 1.54) is 24.8 Å². The molecular weight excluding hydrogens is 433 g/mol. The van der Waals surface area contributed by atoms with Crippen molar-refractivity contribution >= 4 is 56.4 Å². The summed E-state index contributed by atoms with van der Waals surface area (Å²) in [6.07, 6.45) is 0. The lowest BCUT2D eigenvalue weighted by Crippen LogP contribution is -2.26. The Balaban J connectivity index is 0.000000182. The van der Waals surface area contributed by atoms with Gasteiger partial charge in [0.1, 0.15) is 0 Å². The minimum atomic E-state index is -2.35. The summed E-state index contributed by atoms with van der Waals surface area (Å²) < 4.78 is 19.1. The highest BCUT2D eigenvalue weighted by Crippen LogP contribution is 2.09. The average molecular weight is 459 g/mol. The van der Waals surface area contributed by atoms with Crippen molar-refractivity contribution in [2.45, 2.75) is 0 Å². The van der Waals surface area contributed by atoms with Gasteiger partial charge in [0, 0.05) is 4.57 Å². The molecule has 0 aliphatic carbocycles. The maximum Gasteiger partial charge on any atom is 0.694 e. The fourth-order valence-corrected chi connectivity index (χ4v) is 5.83. The summed E-state index contributed by atoms with van der Waals surface area (Å²) in [5, 5.41) is 0. The Morgan fingerprint density at radius 3 is 0.903 bits per heavy atom. The maximum atomic E-state index is 9.29. The van der Waals surface area contributed by atoms with Crippen LogP contribution in [0, 0.1) is 0 Å². The van der Waals surface area contributed by atoms with E-state index in [1.54, 1.807) is 0 Å². The molecule has 0 bridgehead atoms. The van der Waals surface area contributed by atoms with E-state index in [0.29, 0.717) is 0 Å². The number of hydrogen-bond donors (Lipinski definition) is 1. The van der Waals surface area contributed by atoms with Crippen molar-refractivity contribution in [1.82, 2.24) is 0 Å². The standard InChI is InChI=1S/4C6H5.CH3O3P.2Al.2H/c4*1-2-4-6-5-3-1;1-4-5(2)3;;;;/h4*1-5H;1H3;;;;/p+1. The maximum absolute atomic E-state index is 9.29. The number of rotatable bonds is 5. The van der Waals surface area contributed by atoms with E-state index < -0.39 is 8.25 Å². The zero-order chi connectivity index (χ0) is 22.2. The molecule has 0 saturated heterocycles. The van der Waals surface area contributed by atoms with Crippen LogP contribution in [-0.2, 0) is 9.09 Å². The van der Waals surface area contributed by atoms with Crippen LogP contribution < -0.4 is 17.7 Å². The normalized spacial score (nSPS) is 9.81. The lowest BCUT2D eigenvalue weighted by Gasteiger charge is -1.97. The van der Waals surface area contributed by atoms with Crippen LogP contribution in [0.3, 0.4) is 0 Å². The first-order chi connectivity index (χ1) is 15.2. The van der Waals surface area contributed by atoms with Crippen molar-refractivity contribution in [2.75, 3.05) is 7.11 Å². The van der Waals surface area contributed by atoms with Gasteiger partial charge in [-0.05, 0) is 0 Å². The summed E-state index contributed by atoms with van der Waals surface area (Å²) in [6.45, 7) is 0. The molecule has 0 aromatic heterocycles. The molecular formula is C25H26Al2O3P+. The molecule has 1 unspecified atom stereocenters. The molecule has 4 aromatic rings. The summed E-state index contributed by atoms with van der Waals surface area (Å²) in [5.74, 6) is 0. The Bertz CT molecular complexity index is 834. The van der Waals surface area contributed by atoms with Crippen LogP contribution >= 0.6 is 8.25 Å². The zero-order valence-electron chi connectivity index (χ0n) is 17.7. The lowest BCUT2D eigenvalue weighted by molar-refractivity contribution is 0.343. The Labute approximate surface area is 198 Å². The quantitative estimate of drug-likeness (QED) is 0.369. The summed E-state index contributed by atoms with van der Waals surface area (Å²) in [5.41, 5.74) is 0. The van der Waals surface area contributed by atoms with Crippen LogP contribution in [0.5, 0.6) is 0 Å². The van der Waals surface area contributed by atoms with Gasteiger partial charge in [-0.3, -0.25) is 0 Å². The van der Waals surface area contributed by atoms with E-state index in [-0.39, 0.29) is 30.4 Å². The van der Waals surface area contributed by atoms with Crippen molar-refractivity contribution < 1.29 is 14.0 Å². The van der Waals surface area contributed by atoms with Gasteiger partial charge < -0.3 is 0 Å². The van der Waals surface area contributed by atoms with Crippen molar-refractivity contribution in [3.05, 3.63) is 121 Å². The largest absolute Gasteiger partial charge is 0.694 e. The van der Waals surface area contributed by atoms with Gasteiger partial charge >= 0.3 is 38.7 Å². The van der Waals surface area contributed by atoms with Crippen LogP contribution in [0.1, 0.15) is 0 Å².